The van der Waals surface area contributed by atoms with E-state index in [0.717, 1.165) is 18.0 Å². The van der Waals surface area contributed by atoms with Crippen molar-refractivity contribution in [3.63, 3.8) is 0 Å². The summed E-state index contributed by atoms with van der Waals surface area (Å²) in [6.45, 7) is 5.65. The zero-order chi connectivity index (χ0) is 12.3. The second kappa shape index (κ2) is 5.41. The van der Waals surface area contributed by atoms with Gasteiger partial charge >= 0.3 is 0 Å². The quantitative estimate of drug-likeness (QED) is 0.804. The highest BCUT2D eigenvalue weighted by Crippen LogP contribution is 2.51. The molecule has 94 valence electrons. The zero-order valence-corrected chi connectivity index (χ0v) is 11.6. The first-order chi connectivity index (χ1) is 8.18. The highest BCUT2D eigenvalue weighted by Gasteiger charge is 2.47. The van der Waals surface area contributed by atoms with E-state index in [-0.39, 0.29) is 0 Å². The van der Waals surface area contributed by atoms with Gasteiger partial charge in [0.2, 0.25) is 0 Å². The molecule has 0 heterocycles. The summed E-state index contributed by atoms with van der Waals surface area (Å²) in [5.74, 6) is 0. The maximum Gasteiger partial charge on any atom is 0.0438 e. The molecular weight excluding hydrogens is 230 g/mol. The van der Waals surface area contributed by atoms with Crippen LogP contribution in [0, 0.1) is 5.41 Å². The van der Waals surface area contributed by atoms with Crippen LogP contribution in [-0.4, -0.2) is 12.6 Å². The Hall–Kier alpha value is -0.530. The minimum absolute atomic E-state index is 0.458. The Morgan fingerprint density at radius 3 is 2.65 bits per heavy atom. The molecule has 2 rings (SSSR count). The molecule has 1 aromatic carbocycles. The lowest BCUT2D eigenvalue weighted by molar-refractivity contribution is 0.350. The van der Waals surface area contributed by atoms with E-state index >= 15 is 0 Å². The second-order valence-corrected chi connectivity index (χ2v) is 5.71. The van der Waals surface area contributed by atoms with Crippen LogP contribution in [0.1, 0.15) is 38.7 Å². The predicted molar refractivity (Wildman–Crippen MR) is 74.6 cm³/mol. The second-order valence-electron chi connectivity index (χ2n) is 5.31. The van der Waals surface area contributed by atoms with Crippen molar-refractivity contribution in [2.45, 2.75) is 45.6 Å². The van der Waals surface area contributed by atoms with Gasteiger partial charge in [0.05, 0.1) is 0 Å². The van der Waals surface area contributed by atoms with Crippen LogP contribution in [-0.2, 0) is 6.42 Å². The van der Waals surface area contributed by atoms with Crippen LogP contribution >= 0.6 is 11.6 Å². The summed E-state index contributed by atoms with van der Waals surface area (Å²) in [5.41, 5.74) is 1.76. The Balaban J connectivity index is 2.00. The summed E-state index contributed by atoms with van der Waals surface area (Å²) in [5, 5.41) is 4.55. The molecule has 0 radical (unpaired) electrons. The Bertz CT molecular complexity index is 371. The SMILES string of the molecule is CCCNC(C)C1(Cc2ccccc2Cl)CC1. The topological polar surface area (TPSA) is 12.0 Å². The van der Waals surface area contributed by atoms with Crippen LogP contribution in [0.25, 0.3) is 0 Å². The van der Waals surface area contributed by atoms with Crippen LogP contribution < -0.4 is 5.32 Å². The Morgan fingerprint density at radius 2 is 2.06 bits per heavy atom. The van der Waals surface area contributed by atoms with Crippen molar-refractivity contribution in [2.75, 3.05) is 6.54 Å². The lowest BCUT2D eigenvalue weighted by atomic mass is 9.89. The van der Waals surface area contributed by atoms with Gasteiger partial charge in [-0.15, -0.1) is 0 Å². The third-order valence-corrected chi connectivity index (χ3v) is 4.38. The highest BCUT2D eigenvalue weighted by molar-refractivity contribution is 6.31. The van der Waals surface area contributed by atoms with Gasteiger partial charge in [-0.05, 0) is 56.2 Å². The molecule has 1 aromatic rings. The Labute approximate surface area is 110 Å². The van der Waals surface area contributed by atoms with Crippen LogP contribution in [0.3, 0.4) is 0 Å². The van der Waals surface area contributed by atoms with E-state index in [1.165, 1.54) is 24.8 Å². The van der Waals surface area contributed by atoms with Crippen LogP contribution in [0.2, 0.25) is 5.02 Å². The van der Waals surface area contributed by atoms with Gasteiger partial charge in [0, 0.05) is 11.1 Å². The summed E-state index contributed by atoms with van der Waals surface area (Å²) in [6.07, 6.45) is 4.98. The van der Waals surface area contributed by atoms with Gasteiger partial charge in [-0.2, -0.15) is 0 Å². The largest absolute Gasteiger partial charge is 0.314 e. The number of nitrogens with one attached hydrogen (secondary N) is 1. The molecule has 1 nitrogen and oxygen atoms in total. The lowest BCUT2D eigenvalue weighted by Gasteiger charge is -2.25. The van der Waals surface area contributed by atoms with Crippen LogP contribution in [0.5, 0.6) is 0 Å². The molecule has 0 bridgehead atoms. The third kappa shape index (κ3) is 3.02. The molecule has 0 spiro atoms. The molecule has 0 aromatic heterocycles. The lowest BCUT2D eigenvalue weighted by Crippen LogP contribution is -2.36. The van der Waals surface area contributed by atoms with Crippen molar-refractivity contribution in [3.05, 3.63) is 34.9 Å². The van der Waals surface area contributed by atoms with Crippen molar-refractivity contribution < 1.29 is 0 Å². The van der Waals surface area contributed by atoms with E-state index in [9.17, 15) is 0 Å². The van der Waals surface area contributed by atoms with Crippen molar-refractivity contribution in [2.24, 2.45) is 5.41 Å². The van der Waals surface area contributed by atoms with Gasteiger partial charge in [0.15, 0.2) is 0 Å². The standard InChI is InChI=1S/C15H22ClN/c1-3-10-17-12(2)15(8-9-15)11-13-6-4-5-7-14(13)16/h4-7,12,17H,3,8-11H2,1-2H3. The number of rotatable bonds is 6. The van der Waals surface area contributed by atoms with Crippen molar-refractivity contribution in [1.82, 2.24) is 5.32 Å². The van der Waals surface area contributed by atoms with E-state index in [1.807, 2.05) is 12.1 Å². The average Bonchev–Trinajstić information content (AvgIpc) is 3.10. The zero-order valence-electron chi connectivity index (χ0n) is 10.8. The highest BCUT2D eigenvalue weighted by atomic mass is 35.5. The molecule has 1 saturated carbocycles. The van der Waals surface area contributed by atoms with Gasteiger partial charge in [0.25, 0.3) is 0 Å². The van der Waals surface area contributed by atoms with E-state index in [0.29, 0.717) is 11.5 Å². The summed E-state index contributed by atoms with van der Waals surface area (Å²) >= 11 is 6.25. The molecule has 1 N–H and O–H groups in total. The molecule has 0 saturated heterocycles. The molecule has 0 aliphatic heterocycles. The fourth-order valence-corrected chi connectivity index (χ4v) is 2.72. The third-order valence-electron chi connectivity index (χ3n) is 4.01. The van der Waals surface area contributed by atoms with Crippen molar-refractivity contribution >= 4 is 11.6 Å². The van der Waals surface area contributed by atoms with E-state index in [2.05, 4.69) is 31.3 Å². The average molecular weight is 252 g/mol. The van der Waals surface area contributed by atoms with Gasteiger partial charge in [0.1, 0.15) is 0 Å². The van der Waals surface area contributed by atoms with E-state index < -0.39 is 0 Å². The first-order valence-corrected chi connectivity index (χ1v) is 7.02. The van der Waals surface area contributed by atoms with Gasteiger partial charge in [-0.3, -0.25) is 0 Å². The summed E-state index contributed by atoms with van der Waals surface area (Å²) < 4.78 is 0. The fourth-order valence-electron chi connectivity index (χ4n) is 2.52. The monoisotopic (exact) mass is 251 g/mol. The Kier molecular flexibility index (Phi) is 4.11. The normalized spacial score (nSPS) is 19.0. The van der Waals surface area contributed by atoms with Crippen LogP contribution in [0.4, 0.5) is 0 Å². The van der Waals surface area contributed by atoms with Crippen LogP contribution in [0.15, 0.2) is 24.3 Å². The first-order valence-electron chi connectivity index (χ1n) is 6.65. The van der Waals surface area contributed by atoms with Gasteiger partial charge in [-0.25, -0.2) is 0 Å². The number of benzene rings is 1. The minimum Gasteiger partial charge on any atom is -0.314 e. The Morgan fingerprint density at radius 1 is 1.35 bits per heavy atom. The maximum absolute atomic E-state index is 6.25. The number of halogens is 1. The smallest absolute Gasteiger partial charge is 0.0438 e. The summed E-state index contributed by atoms with van der Waals surface area (Å²) in [7, 11) is 0. The maximum atomic E-state index is 6.25. The number of hydrogen-bond acceptors (Lipinski definition) is 1. The van der Waals surface area contributed by atoms with E-state index in [4.69, 9.17) is 11.6 Å². The molecule has 0 amide bonds. The molecule has 1 aliphatic rings. The summed E-state index contributed by atoms with van der Waals surface area (Å²) in [6, 6.07) is 8.84. The number of hydrogen-bond donors (Lipinski definition) is 1. The fraction of sp³-hybridized carbons (Fsp3) is 0.600. The molecule has 2 heteroatoms. The molecule has 1 fully saturated rings. The van der Waals surface area contributed by atoms with Crippen molar-refractivity contribution in [1.29, 1.82) is 0 Å². The molecule has 17 heavy (non-hydrogen) atoms. The molecular formula is C15H22ClN. The molecule has 1 unspecified atom stereocenters. The van der Waals surface area contributed by atoms with Crippen molar-refractivity contribution in [3.8, 4) is 0 Å². The summed E-state index contributed by atoms with van der Waals surface area (Å²) in [4.78, 5) is 0. The van der Waals surface area contributed by atoms with E-state index in [1.54, 1.807) is 0 Å². The molecule has 1 aliphatic carbocycles. The van der Waals surface area contributed by atoms with Gasteiger partial charge < -0.3 is 5.32 Å². The molecule has 1 atom stereocenters. The van der Waals surface area contributed by atoms with Gasteiger partial charge in [-0.1, -0.05) is 36.7 Å². The first kappa shape index (κ1) is 12.9. The minimum atomic E-state index is 0.458. The predicted octanol–water partition coefficient (Wildman–Crippen LogP) is 4.05.